The van der Waals surface area contributed by atoms with E-state index in [9.17, 15) is 0 Å². The minimum absolute atomic E-state index is 0.445. The monoisotopic (exact) mass is 285 g/mol. The highest BCUT2D eigenvalue weighted by atomic mass is 15.5. The molecule has 1 aliphatic rings. The number of aryl methyl sites for hydroxylation is 1. The van der Waals surface area contributed by atoms with Gasteiger partial charge in [-0.2, -0.15) is 0 Å². The zero-order chi connectivity index (χ0) is 14.9. The highest BCUT2D eigenvalue weighted by molar-refractivity contribution is 5.62. The number of nitrogens with one attached hydrogen (secondary N) is 1. The number of nitrogens with zero attached hydrogens (tertiary/aromatic N) is 4. The Morgan fingerprint density at radius 2 is 2.19 bits per heavy atom. The first-order chi connectivity index (χ1) is 10.0. The van der Waals surface area contributed by atoms with Crippen molar-refractivity contribution in [3.8, 4) is 11.4 Å². The smallest absolute Gasteiger partial charge is 0.181 e. The summed E-state index contributed by atoms with van der Waals surface area (Å²) in [5, 5.41) is 15.3. The van der Waals surface area contributed by atoms with Crippen LogP contribution < -0.4 is 5.32 Å². The van der Waals surface area contributed by atoms with Gasteiger partial charge in [-0.25, -0.2) is 4.68 Å². The first-order valence-corrected chi connectivity index (χ1v) is 7.63. The molecule has 0 spiro atoms. The molecule has 2 aromatic rings. The molecule has 5 nitrogen and oxygen atoms in total. The summed E-state index contributed by atoms with van der Waals surface area (Å²) in [6, 6.07) is 8.91. The molecule has 0 aliphatic heterocycles. The molecule has 0 bridgehead atoms. The largest absolute Gasteiger partial charge is 0.382 e. The summed E-state index contributed by atoms with van der Waals surface area (Å²) in [6.45, 7) is 4.73. The van der Waals surface area contributed by atoms with Crippen LogP contribution in [0.1, 0.15) is 39.5 Å². The molecule has 1 unspecified atom stereocenters. The third kappa shape index (κ3) is 3.23. The van der Waals surface area contributed by atoms with E-state index in [-0.39, 0.29) is 0 Å². The summed E-state index contributed by atoms with van der Waals surface area (Å²) in [6.07, 6.45) is 5.11. The first-order valence-electron chi connectivity index (χ1n) is 7.63. The quantitative estimate of drug-likeness (QED) is 0.940. The van der Waals surface area contributed by atoms with E-state index in [1.807, 2.05) is 13.1 Å². The van der Waals surface area contributed by atoms with Gasteiger partial charge in [0.1, 0.15) is 0 Å². The van der Waals surface area contributed by atoms with Crippen molar-refractivity contribution in [3.63, 3.8) is 0 Å². The van der Waals surface area contributed by atoms with Gasteiger partial charge in [-0.15, -0.1) is 5.10 Å². The van der Waals surface area contributed by atoms with Gasteiger partial charge in [0.05, 0.1) is 0 Å². The molecule has 5 heteroatoms. The molecular weight excluding hydrogens is 262 g/mol. The van der Waals surface area contributed by atoms with E-state index in [0.717, 1.165) is 17.1 Å². The Bertz CT molecular complexity index is 617. The third-order valence-corrected chi connectivity index (χ3v) is 4.32. The van der Waals surface area contributed by atoms with Crippen LogP contribution in [-0.4, -0.2) is 26.2 Å². The van der Waals surface area contributed by atoms with Gasteiger partial charge in [-0.05, 0) is 47.2 Å². The molecule has 1 N–H and O–H groups in total. The summed E-state index contributed by atoms with van der Waals surface area (Å²) in [5.74, 6) is 0.794. The molecule has 1 heterocycles. The molecule has 1 aromatic carbocycles. The molecule has 21 heavy (non-hydrogen) atoms. The molecule has 1 aliphatic carbocycles. The Morgan fingerprint density at radius 1 is 1.33 bits per heavy atom. The molecule has 1 atom stereocenters. The fourth-order valence-corrected chi connectivity index (χ4v) is 3.28. The lowest BCUT2D eigenvalue weighted by atomic mass is 9.75. The van der Waals surface area contributed by atoms with Crippen molar-refractivity contribution in [2.24, 2.45) is 12.5 Å². The number of benzene rings is 1. The van der Waals surface area contributed by atoms with E-state index in [2.05, 4.69) is 52.9 Å². The van der Waals surface area contributed by atoms with E-state index in [1.165, 1.54) is 25.7 Å². The van der Waals surface area contributed by atoms with Gasteiger partial charge in [-0.3, -0.25) is 0 Å². The van der Waals surface area contributed by atoms with Crippen molar-refractivity contribution in [1.82, 2.24) is 20.2 Å². The number of rotatable bonds is 3. The molecule has 112 valence electrons. The minimum Gasteiger partial charge on any atom is -0.382 e. The molecule has 1 saturated carbocycles. The number of hydrogen-bond donors (Lipinski definition) is 1. The standard InChI is InChI=1S/C16H23N5/c1-16(2)9-5-8-14(11-16)17-13-7-4-6-12(10-13)15-18-19-20-21(15)3/h4,6-7,10,14,17H,5,8-9,11H2,1-3H3. The van der Waals surface area contributed by atoms with Crippen molar-refractivity contribution in [2.45, 2.75) is 45.6 Å². The van der Waals surface area contributed by atoms with Crippen LogP contribution in [0.25, 0.3) is 11.4 Å². The zero-order valence-corrected chi connectivity index (χ0v) is 13.0. The average molecular weight is 285 g/mol. The lowest BCUT2D eigenvalue weighted by Crippen LogP contribution is -2.31. The van der Waals surface area contributed by atoms with E-state index in [1.54, 1.807) is 4.68 Å². The van der Waals surface area contributed by atoms with Gasteiger partial charge in [0.25, 0.3) is 0 Å². The molecular formula is C16H23N5. The van der Waals surface area contributed by atoms with Crippen LogP contribution in [-0.2, 0) is 7.05 Å². The predicted molar refractivity (Wildman–Crippen MR) is 83.9 cm³/mol. The Balaban J connectivity index is 1.76. The van der Waals surface area contributed by atoms with Gasteiger partial charge in [-0.1, -0.05) is 32.4 Å². The fraction of sp³-hybridized carbons (Fsp3) is 0.562. The normalized spacial score (nSPS) is 21.2. The van der Waals surface area contributed by atoms with E-state index in [0.29, 0.717) is 11.5 Å². The zero-order valence-electron chi connectivity index (χ0n) is 13.0. The Hall–Kier alpha value is -1.91. The summed E-state index contributed by atoms with van der Waals surface area (Å²) in [5.41, 5.74) is 2.64. The average Bonchev–Trinajstić information content (AvgIpc) is 2.84. The number of tetrazole rings is 1. The van der Waals surface area contributed by atoms with Crippen LogP contribution >= 0.6 is 0 Å². The highest BCUT2D eigenvalue weighted by Gasteiger charge is 2.27. The molecule has 1 fully saturated rings. The number of aromatic nitrogens is 4. The Kier molecular flexibility index (Phi) is 3.66. The first kappa shape index (κ1) is 14.0. The Labute approximate surface area is 125 Å². The van der Waals surface area contributed by atoms with Crippen LogP contribution in [0.4, 0.5) is 5.69 Å². The lowest BCUT2D eigenvalue weighted by Gasteiger charge is -2.36. The van der Waals surface area contributed by atoms with Gasteiger partial charge >= 0.3 is 0 Å². The third-order valence-electron chi connectivity index (χ3n) is 4.32. The summed E-state index contributed by atoms with van der Waals surface area (Å²) in [7, 11) is 1.86. The van der Waals surface area contributed by atoms with E-state index in [4.69, 9.17) is 0 Å². The van der Waals surface area contributed by atoms with Gasteiger partial charge in [0.15, 0.2) is 5.82 Å². The van der Waals surface area contributed by atoms with Crippen molar-refractivity contribution in [1.29, 1.82) is 0 Å². The Morgan fingerprint density at radius 3 is 2.90 bits per heavy atom. The highest BCUT2D eigenvalue weighted by Crippen LogP contribution is 2.36. The molecule has 0 saturated heterocycles. The SMILES string of the molecule is Cn1nnnc1-c1cccc(NC2CCCC(C)(C)C2)c1. The van der Waals surface area contributed by atoms with Crippen molar-refractivity contribution < 1.29 is 0 Å². The molecule has 3 rings (SSSR count). The van der Waals surface area contributed by atoms with Gasteiger partial charge < -0.3 is 5.32 Å². The number of hydrogen-bond acceptors (Lipinski definition) is 4. The van der Waals surface area contributed by atoms with E-state index < -0.39 is 0 Å². The minimum atomic E-state index is 0.445. The molecule has 0 amide bonds. The summed E-state index contributed by atoms with van der Waals surface area (Å²) < 4.78 is 1.70. The number of anilines is 1. The maximum Gasteiger partial charge on any atom is 0.181 e. The van der Waals surface area contributed by atoms with Crippen LogP contribution in [0.5, 0.6) is 0 Å². The maximum absolute atomic E-state index is 4.07. The van der Waals surface area contributed by atoms with Gasteiger partial charge in [0.2, 0.25) is 0 Å². The fourth-order valence-electron chi connectivity index (χ4n) is 3.28. The molecule has 0 radical (unpaired) electrons. The van der Waals surface area contributed by atoms with Crippen molar-refractivity contribution in [3.05, 3.63) is 24.3 Å². The second-order valence-corrected chi connectivity index (χ2v) is 6.81. The predicted octanol–water partition coefficient (Wildman–Crippen LogP) is 3.26. The van der Waals surface area contributed by atoms with Crippen LogP contribution in [0.2, 0.25) is 0 Å². The molecule has 1 aromatic heterocycles. The van der Waals surface area contributed by atoms with Crippen LogP contribution in [0.15, 0.2) is 24.3 Å². The lowest BCUT2D eigenvalue weighted by molar-refractivity contribution is 0.229. The second-order valence-electron chi connectivity index (χ2n) is 6.81. The summed E-state index contributed by atoms with van der Waals surface area (Å²) in [4.78, 5) is 0. The van der Waals surface area contributed by atoms with Crippen LogP contribution in [0.3, 0.4) is 0 Å². The van der Waals surface area contributed by atoms with Crippen LogP contribution in [0, 0.1) is 5.41 Å². The van der Waals surface area contributed by atoms with E-state index >= 15 is 0 Å². The maximum atomic E-state index is 4.07. The van der Waals surface area contributed by atoms with Gasteiger partial charge in [0, 0.05) is 24.3 Å². The topological polar surface area (TPSA) is 55.6 Å². The van der Waals surface area contributed by atoms with Crippen molar-refractivity contribution >= 4 is 5.69 Å². The second kappa shape index (κ2) is 5.47. The van der Waals surface area contributed by atoms with Crippen molar-refractivity contribution in [2.75, 3.05) is 5.32 Å². The summed E-state index contributed by atoms with van der Waals surface area (Å²) >= 11 is 0.